The van der Waals surface area contributed by atoms with E-state index < -0.39 is 17.9 Å². The van der Waals surface area contributed by atoms with E-state index in [-0.39, 0.29) is 23.1 Å². The lowest BCUT2D eigenvalue weighted by atomic mass is 10.0. The molecule has 3 aromatic rings. The summed E-state index contributed by atoms with van der Waals surface area (Å²) in [6, 6.07) is 8.94. The highest BCUT2D eigenvalue weighted by Crippen LogP contribution is 2.33. The smallest absolute Gasteiger partial charge is 0.299 e. The molecule has 37 heavy (non-hydrogen) atoms. The maximum absolute atomic E-state index is 12.7. The van der Waals surface area contributed by atoms with E-state index in [0.29, 0.717) is 35.6 Å². The Hall–Kier alpha value is -5.16. The molecule has 5 N–H and O–H groups in total. The van der Waals surface area contributed by atoms with Crippen molar-refractivity contribution >= 4 is 29.2 Å². The number of amides is 3. The number of nitrogens with zero attached hydrogens (tertiary/aromatic N) is 5. The second kappa shape index (κ2) is 10.6. The maximum atomic E-state index is 12.7. The molecule has 0 radical (unpaired) electrons. The average molecular weight is 497 g/mol. The van der Waals surface area contributed by atoms with Crippen LogP contribution in [0.5, 0.6) is 0 Å². The quantitative estimate of drug-likeness (QED) is 0.280. The van der Waals surface area contributed by atoms with Crippen LogP contribution in [0.4, 0.5) is 11.5 Å². The van der Waals surface area contributed by atoms with E-state index in [1.54, 1.807) is 36.1 Å². The fourth-order valence-electron chi connectivity index (χ4n) is 4.27. The Morgan fingerprint density at radius 3 is 2.62 bits per heavy atom. The molecule has 3 amide bonds. The largest absolute Gasteiger partial charge is 0.364 e. The summed E-state index contributed by atoms with van der Waals surface area (Å²) in [6.45, 7) is 9.18. The third kappa shape index (κ3) is 5.11. The van der Waals surface area contributed by atoms with Crippen LogP contribution in [-0.4, -0.2) is 43.8 Å². The van der Waals surface area contributed by atoms with Crippen LogP contribution < -0.4 is 16.9 Å². The number of piperidine rings is 1. The molecule has 4 rings (SSSR count). The third-order valence-electron chi connectivity index (χ3n) is 6.00. The standard InChI is InChI=1S/C26H24N8O3/c1-3-6-21(35)33-14-5-4-7-19(33)25-32-22(23(24(27)36)34(25)28)16-8-10-17(11-9-16)26(37)31-20-15-18(29-2)12-13-30-20/h8-13,15,19H,4-5,7,14,28H2,1H3,(H2,27,36)(H,30,31,37)/t19-/m0/s1. The lowest BCUT2D eigenvalue weighted by Gasteiger charge is -2.33. The van der Waals surface area contributed by atoms with Crippen molar-refractivity contribution in [2.24, 2.45) is 5.73 Å². The van der Waals surface area contributed by atoms with E-state index in [4.69, 9.17) is 18.1 Å². The number of hydrogen-bond acceptors (Lipinski definition) is 6. The first-order valence-electron chi connectivity index (χ1n) is 11.5. The Kier molecular flexibility index (Phi) is 7.16. The first-order chi connectivity index (χ1) is 17.8. The molecule has 1 aliphatic heterocycles. The van der Waals surface area contributed by atoms with Gasteiger partial charge in [-0.15, -0.1) is 0 Å². The molecule has 1 fully saturated rings. The number of primary amides is 1. The zero-order valence-electron chi connectivity index (χ0n) is 20.1. The van der Waals surface area contributed by atoms with Gasteiger partial charge in [-0.25, -0.2) is 19.5 Å². The van der Waals surface area contributed by atoms with Gasteiger partial charge in [0.1, 0.15) is 11.5 Å². The van der Waals surface area contributed by atoms with Crippen molar-refractivity contribution in [3.05, 3.63) is 71.1 Å². The second-order valence-electron chi connectivity index (χ2n) is 8.33. The number of anilines is 1. The molecule has 1 aliphatic rings. The number of likely N-dealkylation sites (tertiary alicyclic amines) is 1. The maximum Gasteiger partial charge on any atom is 0.299 e. The minimum Gasteiger partial charge on any atom is -0.364 e. The fraction of sp³-hybridized carbons (Fsp3) is 0.231. The van der Waals surface area contributed by atoms with Crippen LogP contribution in [-0.2, 0) is 4.79 Å². The van der Waals surface area contributed by atoms with Crippen LogP contribution in [0.25, 0.3) is 16.1 Å². The van der Waals surface area contributed by atoms with Crippen molar-refractivity contribution in [2.45, 2.75) is 32.2 Å². The first-order valence-corrected chi connectivity index (χ1v) is 11.5. The van der Waals surface area contributed by atoms with Gasteiger partial charge in [0.2, 0.25) is 0 Å². The van der Waals surface area contributed by atoms with E-state index in [2.05, 4.69) is 32.0 Å². The molecule has 11 heteroatoms. The van der Waals surface area contributed by atoms with Gasteiger partial charge in [0.15, 0.2) is 17.2 Å². The number of nitrogens with two attached hydrogens (primary N) is 2. The lowest BCUT2D eigenvalue weighted by Crippen LogP contribution is -2.40. The monoisotopic (exact) mass is 496 g/mol. The number of pyridine rings is 1. The van der Waals surface area contributed by atoms with Gasteiger partial charge in [-0.05, 0) is 56.4 Å². The average Bonchev–Trinajstić information content (AvgIpc) is 3.26. The Bertz CT molecular complexity index is 1470. The molecular formula is C26H24N8O3. The summed E-state index contributed by atoms with van der Waals surface area (Å²) in [5, 5.41) is 2.65. The SMILES string of the molecule is [C-]#[N+]c1ccnc(NC(=O)c2ccc(-c3nc([C@@H]4CCCCN4C(=O)C#CC)n(N)c3C(N)=O)cc2)c1. The van der Waals surface area contributed by atoms with Crippen molar-refractivity contribution in [2.75, 3.05) is 17.7 Å². The minimum atomic E-state index is -0.772. The molecule has 3 heterocycles. The highest BCUT2D eigenvalue weighted by atomic mass is 16.2. The summed E-state index contributed by atoms with van der Waals surface area (Å²) >= 11 is 0. The number of carbonyl (C=O) groups is 3. The van der Waals surface area contributed by atoms with E-state index >= 15 is 0 Å². The number of carbonyl (C=O) groups excluding carboxylic acids is 3. The van der Waals surface area contributed by atoms with Gasteiger partial charge >= 0.3 is 0 Å². The van der Waals surface area contributed by atoms with Gasteiger partial charge < -0.3 is 21.8 Å². The molecule has 11 nitrogen and oxygen atoms in total. The molecule has 0 aliphatic carbocycles. The van der Waals surface area contributed by atoms with E-state index in [1.807, 2.05) is 0 Å². The molecule has 1 atom stereocenters. The van der Waals surface area contributed by atoms with E-state index in [0.717, 1.165) is 17.5 Å². The Morgan fingerprint density at radius 1 is 1.19 bits per heavy atom. The Labute approximate surface area is 213 Å². The molecule has 0 bridgehead atoms. The van der Waals surface area contributed by atoms with Crippen LogP contribution in [0.3, 0.4) is 0 Å². The zero-order chi connectivity index (χ0) is 26.5. The molecule has 2 aromatic heterocycles. The van der Waals surface area contributed by atoms with Crippen molar-refractivity contribution in [1.29, 1.82) is 0 Å². The van der Waals surface area contributed by atoms with Gasteiger partial charge in [-0.1, -0.05) is 18.1 Å². The molecule has 0 saturated carbocycles. The number of aromatic nitrogens is 3. The van der Waals surface area contributed by atoms with Gasteiger partial charge in [-0.2, -0.15) is 0 Å². The van der Waals surface area contributed by atoms with E-state index in [9.17, 15) is 14.4 Å². The lowest BCUT2D eigenvalue weighted by molar-refractivity contribution is -0.129. The summed E-state index contributed by atoms with van der Waals surface area (Å²) in [6.07, 6.45) is 3.74. The first kappa shape index (κ1) is 24.9. The van der Waals surface area contributed by atoms with Crippen LogP contribution in [0.2, 0.25) is 0 Å². The molecule has 186 valence electrons. The summed E-state index contributed by atoms with van der Waals surface area (Å²) in [4.78, 5) is 51.2. The molecule has 1 aromatic carbocycles. The Morgan fingerprint density at radius 2 is 1.95 bits per heavy atom. The van der Waals surface area contributed by atoms with Crippen molar-refractivity contribution in [3.63, 3.8) is 0 Å². The summed E-state index contributed by atoms with van der Waals surface area (Å²) < 4.78 is 1.14. The van der Waals surface area contributed by atoms with E-state index in [1.165, 1.54) is 18.3 Å². The normalized spacial score (nSPS) is 14.7. The highest BCUT2D eigenvalue weighted by Gasteiger charge is 2.33. The molecular weight excluding hydrogens is 472 g/mol. The van der Waals surface area contributed by atoms with Gasteiger partial charge in [0.25, 0.3) is 17.7 Å². The van der Waals surface area contributed by atoms with Crippen LogP contribution in [0.1, 0.15) is 58.9 Å². The highest BCUT2D eigenvalue weighted by molar-refractivity contribution is 6.04. The van der Waals surface area contributed by atoms with Gasteiger partial charge in [-0.3, -0.25) is 14.4 Å². The van der Waals surface area contributed by atoms with Crippen molar-refractivity contribution < 1.29 is 14.4 Å². The molecule has 0 unspecified atom stereocenters. The number of nitrogen functional groups attached to an aromatic ring is 1. The number of benzene rings is 1. The summed E-state index contributed by atoms with van der Waals surface area (Å²) in [7, 11) is 0. The fourth-order valence-corrected chi connectivity index (χ4v) is 4.27. The van der Waals surface area contributed by atoms with Crippen LogP contribution >= 0.6 is 0 Å². The second-order valence-corrected chi connectivity index (χ2v) is 8.33. The van der Waals surface area contributed by atoms with Crippen molar-refractivity contribution in [3.8, 4) is 23.1 Å². The molecule has 1 saturated heterocycles. The van der Waals surface area contributed by atoms with Crippen molar-refractivity contribution in [1.82, 2.24) is 19.5 Å². The number of imidazole rings is 1. The number of nitrogens with one attached hydrogen (secondary N) is 1. The molecule has 0 spiro atoms. The number of rotatable bonds is 5. The minimum absolute atomic E-state index is 0.00749. The predicted molar refractivity (Wildman–Crippen MR) is 137 cm³/mol. The van der Waals surface area contributed by atoms with Gasteiger partial charge in [0, 0.05) is 23.9 Å². The topological polar surface area (TPSA) is 154 Å². The predicted octanol–water partition coefficient (Wildman–Crippen LogP) is 2.64. The number of hydrogen-bond donors (Lipinski definition) is 3. The summed E-state index contributed by atoms with van der Waals surface area (Å²) in [5.74, 6) is 10.5. The van der Waals surface area contributed by atoms with Gasteiger partial charge in [0.05, 0.1) is 12.6 Å². The van der Waals surface area contributed by atoms with Crippen LogP contribution in [0, 0.1) is 18.4 Å². The Balaban J connectivity index is 1.65. The van der Waals surface area contributed by atoms with Crippen LogP contribution in [0.15, 0.2) is 42.6 Å². The summed E-state index contributed by atoms with van der Waals surface area (Å²) in [5.41, 5.74) is 7.10. The third-order valence-corrected chi connectivity index (χ3v) is 6.00. The zero-order valence-corrected chi connectivity index (χ0v) is 20.1.